The van der Waals surface area contributed by atoms with Gasteiger partial charge in [0.25, 0.3) is 6.71 Å². The summed E-state index contributed by atoms with van der Waals surface area (Å²) in [6, 6.07) is 67.0. The molecule has 0 atom stereocenters. The smallest absolute Gasteiger partial charge is 0.260 e. The van der Waals surface area contributed by atoms with Gasteiger partial charge in [0, 0.05) is 38.4 Å². The topological polar surface area (TPSA) is 26.6 Å². The van der Waals surface area contributed by atoms with E-state index in [0.29, 0.717) is 0 Å². The molecular formula is C50H31BN2O2. The Bertz CT molecular complexity index is 3160. The lowest BCUT2D eigenvalue weighted by Crippen LogP contribution is -2.57. The summed E-state index contributed by atoms with van der Waals surface area (Å²) in [6.07, 6.45) is 0. The van der Waals surface area contributed by atoms with Crippen molar-refractivity contribution in [1.82, 2.24) is 4.57 Å². The molecule has 10 aromatic rings. The molecule has 12 rings (SSSR count). The molecule has 5 heteroatoms. The Morgan fingerprint density at radius 1 is 0.455 bits per heavy atom. The van der Waals surface area contributed by atoms with Crippen molar-refractivity contribution in [2.24, 2.45) is 0 Å². The monoisotopic (exact) mass is 702 g/mol. The van der Waals surface area contributed by atoms with Crippen molar-refractivity contribution < 1.29 is 9.47 Å². The van der Waals surface area contributed by atoms with Crippen LogP contribution >= 0.6 is 0 Å². The van der Waals surface area contributed by atoms with Gasteiger partial charge in [-0.15, -0.1) is 0 Å². The summed E-state index contributed by atoms with van der Waals surface area (Å²) < 4.78 is 16.4. The van der Waals surface area contributed by atoms with Crippen molar-refractivity contribution in [3.63, 3.8) is 0 Å². The number of benzene rings is 9. The maximum Gasteiger partial charge on any atom is 0.260 e. The lowest BCUT2D eigenvalue weighted by Gasteiger charge is -2.33. The largest absolute Gasteiger partial charge is 0.458 e. The van der Waals surface area contributed by atoms with Crippen LogP contribution < -0.4 is 30.8 Å². The fraction of sp³-hybridized carbons (Fsp3) is 0. The number of para-hydroxylation sites is 4. The first-order chi connectivity index (χ1) is 27.3. The van der Waals surface area contributed by atoms with E-state index < -0.39 is 0 Å². The van der Waals surface area contributed by atoms with Gasteiger partial charge in [0.05, 0.1) is 22.4 Å². The number of rotatable bonds is 4. The zero-order valence-electron chi connectivity index (χ0n) is 29.7. The van der Waals surface area contributed by atoms with Gasteiger partial charge in [-0.05, 0) is 76.3 Å². The summed E-state index contributed by atoms with van der Waals surface area (Å²) >= 11 is 0. The first-order valence-electron chi connectivity index (χ1n) is 18.8. The summed E-state index contributed by atoms with van der Waals surface area (Å²) in [5, 5.41) is 6.94. The molecule has 256 valence electrons. The zero-order valence-corrected chi connectivity index (χ0v) is 29.7. The van der Waals surface area contributed by atoms with E-state index in [0.717, 1.165) is 94.7 Å². The maximum absolute atomic E-state index is 7.11. The normalized spacial score (nSPS) is 12.6. The third kappa shape index (κ3) is 4.35. The number of aromatic nitrogens is 1. The minimum Gasteiger partial charge on any atom is -0.458 e. The number of ether oxygens (including phenoxy) is 2. The van der Waals surface area contributed by atoms with E-state index >= 15 is 0 Å². The molecule has 3 heterocycles. The Morgan fingerprint density at radius 2 is 1.07 bits per heavy atom. The molecule has 0 N–H and O–H groups in total. The average Bonchev–Trinajstić information content (AvgIpc) is 3.58. The van der Waals surface area contributed by atoms with Crippen LogP contribution in [-0.2, 0) is 0 Å². The fourth-order valence-corrected chi connectivity index (χ4v) is 9.18. The molecule has 2 aliphatic heterocycles. The van der Waals surface area contributed by atoms with Crippen LogP contribution in [0.3, 0.4) is 0 Å². The van der Waals surface area contributed by atoms with Crippen molar-refractivity contribution in [2.45, 2.75) is 0 Å². The van der Waals surface area contributed by atoms with Crippen LogP contribution in [0.1, 0.15) is 0 Å². The second kappa shape index (κ2) is 11.6. The van der Waals surface area contributed by atoms with Crippen LogP contribution in [-0.4, -0.2) is 11.3 Å². The van der Waals surface area contributed by atoms with Crippen molar-refractivity contribution >= 4 is 83.5 Å². The van der Waals surface area contributed by atoms with Crippen LogP contribution in [0.2, 0.25) is 0 Å². The Morgan fingerprint density at radius 3 is 1.85 bits per heavy atom. The Kier molecular flexibility index (Phi) is 6.40. The first-order valence-corrected chi connectivity index (χ1v) is 18.8. The van der Waals surface area contributed by atoms with E-state index in [1.165, 1.54) is 10.8 Å². The van der Waals surface area contributed by atoms with Gasteiger partial charge in [-0.1, -0.05) is 133 Å². The SMILES string of the molecule is c1ccc(N(c2cccc3ccccc23)c2cc3c(c4ccccc24)c2cc4c5c(c2n3-c2ccccc2)Oc2ccccc2B5c2ccccc2O4)cc1. The molecule has 9 aromatic carbocycles. The van der Waals surface area contributed by atoms with Crippen LogP contribution in [0.15, 0.2) is 188 Å². The van der Waals surface area contributed by atoms with Gasteiger partial charge in [0.15, 0.2) is 5.75 Å². The number of hydrogen-bond acceptors (Lipinski definition) is 3. The zero-order chi connectivity index (χ0) is 36.0. The molecule has 0 saturated carbocycles. The van der Waals surface area contributed by atoms with Gasteiger partial charge in [-0.3, -0.25) is 0 Å². The van der Waals surface area contributed by atoms with Crippen molar-refractivity contribution in [3.05, 3.63) is 188 Å². The highest BCUT2D eigenvalue weighted by molar-refractivity contribution is 6.98. The highest BCUT2D eigenvalue weighted by Crippen LogP contribution is 2.50. The molecule has 0 bridgehead atoms. The molecule has 55 heavy (non-hydrogen) atoms. The number of hydrogen-bond donors (Lipinski definition) is 0. The van der Waals surface area contributed by atoms with Gasteiger partial charge in [-0.25, -0.2) is 0 Å². The lowest BCUT2D eigenvalue weighted by atomic mass is 9.35. The van der Waals surface area contributed by atoms with Gasteiger partial charge in [-0.2, -0.15) is 0 Å². The van der Waals surface area contributed by atoms with Gasteiger partial charge < -0.3 is 18.9 Å². The predicted octanol–water partition coefficient (Wildman–Crippen LogP) is 11.3. The van der Waals surface area contributed by atoms with E-state index in [2.05, 4.69) is 198 Å². The average molecular weight is 703 g/mol. The maximum atomic E-state index is 7.11. The first kappa shape index (κ1) is 30.2. The van der Waals surface area contributed by atoms with E-state index in [1.54, 1.807) is 0 Å². The number of nitrogens with zero attached hydrogens (tertiary/aromatic N) is 2. The van der Waals surface area contributed by atoms with Crippen molar-refractivity contribution in [1.29, 1.82) is 0 Å². The van der Waals surface area contributed by atoms with Gasteiger partial charge in [0.1, 0.15) is 17.2 Å². The summed E-state index contributed by atoms with van der Waals surface area (Å²) in [4.78, 5) is 2.43. The summed E-state index contributed by atoms with van der Waals surface area (Å²) in [7, 11) is 0. The molecule has 4 nitrogen and oxygen atoms in total. The highest BCUT2D eigenvalue weighted by atomic mass is 16.5. The molecule has 2 aliphatic rings. The molecule has 0 amide bonds. The molecule has 0 unspecified atom stereocenters. The van der Waals surface area contributed by atoms with Crippen molar-refractivity contribution in [2.75, 3.05) is 4.90 Å². The second-order valence-electron chi connectivity index (χ2n) is 14.4. The highest BCUT2D eigenvalue weighted by Gasteiger charge is 2.42. The third-order valence-corrected chi connectivity index (χ3v) is 11.4. The Hall–Kier alpha value is -7.24. The molecule has 1 aromatic heterocycles. The standard InChI is InChI=1S/C50H31BN2O2/c1-3-18-33(19-4-1)52(41-27-15-17-32-16-7-8-22-35(32)41)42-31-43-47(37-24-10-9-23-36(37)42)38-30-46-48-50(49(38)53(43)34-20-5-2-6-21-34)55-45-29-14-12-26-40(45)51(48)39-25-11-13-28-44(39)54-46/h1-31H. The Labute approximate surface area is 318 Å². The van der Waals surface area contributed by atoms with E-state index in [-0.39, 0.29) is 6.71 Å². The molecule has 0 aliphatic carbocycles. The van der Waals surface area contributed by atoms with Crippen LogP contribution in [0.25, 0.3) is 49.0 Å². The predicted molar refractivity (Wildman–Crippen MR) is 228 cm³/mol. The fourth-order valence-electron chi connectivity index (χ4n) is 9.18. The minimum atomic E-state index is -0.0289. The summed E-state index contributed by atoms with van der Waals surface area (Å²) in [5.41, 5.74) is 9.85. The third-order valence-electron chi connectivity index (χ3n) is 11.4. The summed E-state index contributed by atoms with van der Waals surface area (Å²) in [6.45, 7) is -0.0289. The second-order valence-corrected chi connectivity index (χ2v) is 14.4. The Balaban J connectivity index is 1.25. The molecule has 0 fully saturated rings. The lowest BCUT2D eigenvalue weighted by molar-refractivity contribution is 0.467. The molecule has 0 saturated heterocycles. The number of anilines is 3. The van der Waals surface area contributed by atoms with Crippen LogP contribution in [0.4, 0.5) is 17.1 Å². The molecule has 0 radical (unpaired) electrons. The summed E-state index contributed by atoms with van der Waals surface area (Å²) in [5.74, 6) is 3.43. The minimum absolute atomic E-state index is 0.0289. The van der Waals surface area contributed by atoms with Gasteiger partial charge in [0.2, 0.25) is 0 Å². The van der Waals surface area contributed by atoms with Crippen molar-refractivity contribution in [3.8, 4) is 28.7 Å². The van der Waals surface area contributed by atoms with Crippen LogP contribution in [0, 0.1) is 0 Å². The molecular weight excluding hydrogens is 671 g/mol. The van der Waals surface area contributed by atoms with E-state index in [9.17, 15) is 0 Å². The van der Waals surface area contributed by atoms with Crippen LogP contribution in [0.5, 0.6) is 23.0 Å². The van der Waals surface area contributed by atoms with Gasteiger partial charge >= 0.3 is 0 Å². The quantitative estimate of drug-likeness (QED) is 0.171. The van der Waals surface area contributed by atoms with E-state index in [1.807, 2.05) is 0 Å². The number of fused-ring (bicyclic) bond motifs is 11. The van der Waals surface area contributed by atoms with E-state index in [4.69, 9.17) is 9.47 Å². The molecule has 0 spiro atoms.